The summed E-state index contributed by atoms with van der Waals surface area (Å²) in [5.41, 5.74) is 4.57. The molecule has 31 heavy (non-hydrogen) atoms. The van der Waals surface area contributed by atoms with Gasteiger partial charge in [0, 0.05) is 18.2 Å². The van der Waals surface area contributed by atoms with E-state index >= 15 is 0 Å². The average Bonchev–Trinajstić information content (AvgIpc) is 3.01. The SMILES string of the molecule is COc1ccc(Oc2cc(-n3c(N)c4c(cc3=O)C(=O)NC4=O)cc([N+](=O)[O-])c2)cc1. The van der Waals surface area contributed by atoms with Gasteiger partial charge in [0.1, 0.15) is 23.1 Å². The molecular weight excluding hydrogens is 408 g/mol. The third kappa shape index (κ3) is 3.44. The molecule has 0 aliphatic carbocycles. The molecule has 0 unspecified atom stereocenters. The Hall–Kier alpha value is -4.67. The van der Waals surface area contributed by atoms with Crippen LogP contribution in [0, 0.1) is 10.1 Å². The molecule has 3 aromatic rings. The van der Waals surface area contributed by atoms with E-state index in [-0.39, 0.29) is 34.1 Å². The number of pyridine rings is 1. The van der Waals surface area contributed by atoms with E-state index in [9.17, 15) is 24.5 Å². The number of nitrogens with two attached hydrogens (primary N) is 1. The van der Waals surface area contributed by atoms with Crippen molar-refractivity contribution in [3.05, 3.63) is 80.1 Å². The third-order valence-corrected chi connectivity index (χ3v) is 4.59. The minimum absolute atomic E-state index is 0.00448. The number of benzene rings is 2. The second-order valence-corrected chi connectivity index (χ2v) is 6.49. The van der Waals surface area contributed by atoms with Crippen LogP contribution in [0.1, 0.15) is 20.7 Å². The maximum absolute atomic E-state index is 12.6. The number of amides is 2. The molecule has 11 heteroatoms. The normalized spacial score (nSPS) is 12.3. The predicted octanol–water partition coefficient (Wildman–Crippen LogP) is 2.01. The van der Waals surface area contributed by atoms with Crippen LogP contribution in [-0.4, -0.2) is 28.4 Å². The molecule has 4 rings (SSSR count). The lowest BCUT2D eigenvalue weighted by molar-refractivity contribution is -0.384. The second kappa shape index (κ2) is 7.30. The van der Waals surface area contributed by atoms with E-state index < -0.39 is 22.3 Å². The van der Waals surface area contributed by atoms with Crippen LogP contribution in [0.15, 0.2) is 53.3 Å². The minimum Gasteiger partial charge on any atom is -0.497 e. The van der Waals surface area contributed by atoms with Crippen molar-refractivity contribution in [3.63, 3.8) is 0 Å². The van der Waals surface area contributed by atoms with Crippen molar-refractivity contribution in [2.45, 2.75) is 0 Å². The topological polar surface area (TPSA) is 156 Å². The van der Waals surface area contributed by atoms with Crippen LogP contribution in [0.25, 0.3) is 5.69 Å². The van der Waals surface area contributed by atoms with Gasteiger partial charge in [0.25, 0.3) is 23.1 Å². The number of ether oxygens (including phenoxy) is 2. The van der Waals surface area contributed by atoms with Crippen molar-refractivity contribution < 1.29 is 24.0 Å². The number of imide groups is 1. The number of nitrogens with one attached hydrogen (secondary N) is 1. The number of nitro benzene ring substituents is 1. The van der Waals surface area contributed by atoms with Gasteiger partial charge in [-0.05, 0) is 24.3 Å². The summed E-state index contributed by atoms with van der Waals surface area (Å²) < 4.78 is 11.7. The molecule has 2 amide bonds. The Labute approximate surface area is 173 Å². The number of methoxy groups -OCH3 is 1. The van der Waals surface area contributed by atoms with Gasteiger partial charge < -0.3 is 15.2 Å². The van der Waals surface area contributed by atoms with E-state index in [1.807, 2.05) is 0 Å². The molecule has 3 N–H and O–H groups in total. The largest absolute Gasteiger partial charge is 0.497 e. The Kier molecular flexibility index (Phi) is 4.62. The van der Waals surface area contributed by atoms with Gasteiger partial charge in [0.15, 0.2) is 0 Å². The summed E-state index contributed by atoms with van der Waals surface area (Å²) in [5, 5.41) is 13.5. The van der Waals surface area contributed by atoms with Gasteiger partial charge in [-0.1, -0.05) is 0 Å². The first-order valence-electron chi connectivity index (χ1n) is 8.81. The van der Waals surface area contributed by atoms with Crippen LogP contribution in [0.2, 0.25) is 0 Å². The van der Waals surface area contributed by atoms with Crippen molar-refractivity contribution in [3.8, 4) is 22.9 Å². The summed E-state index contributed by atoms with van der Waals surface area (Å²) in [7, 11) is 1.51. The first kappa shape index (κ1) is 19.6. The number of aromatic nitrogens is 1. The van der Waals surface area contributed by atoms with Gasteiger partial charge in [0.05, 0.1) is 34.9 Å². The maximum atomic E-state index is 12.6. The summed E-state index contributed by atoms with van der Waals surface area (Å²) in [6, 6.07) is 11.1. The monoisotopic (exact) mass is 422 g/mol. The van der Waals surface area contributed by atoms with Gasteiger partial charge in [0.2, 0.25) is 0 Å². The molecule has 156 valence electrons. The van der Waals surface area contributed by atoms with Crippen molar-refractivity contribution in [1.82, 2.24) is 9.88 Å². The van der Waals surface area contributed by atoms with E-state index in [4.69, 9.17) is 15.2 Å². The molecule has 0 bridgehead atoms. The number of hydrogen-bond acceptors (Lipinski definition) is 8. The highest BCUT2D eigenvalue weighted by atomic mass is 16.6. The first-order chi connectivity index (χ1) is 14.8. The highest BCUT2D eigenvalue weighted by molar-refractivity contribution is 6.23. The van der Waals surface area contributed by atoms with Crippen molar-refractivity contribution in [2.75, 3.05) is 12.8 Å². The van der Waals surface area contributed by atoms with Gasteiger partial charge in [-0.3, -0.25) is 34.4 Å². The Morgan fingerprint density at radius 1 is 0.968 bits per heavy atom. The second-order valence-electron chi connectivity index (χ2n) is 6.49. The maximum Gasteiger partial charge on any atom is 0.275 e. The van der Waals surface area contributed by atoms with Crippen molar-refractivity contribution >= 4 is 23.3 Å². The Bertz CT molecular complexity index is 1310. The molecule has 0 spiro atoms. The fourth-order valence-corrected chi connectivity index (χ4v) is 3.19. The number of nitrogens with zero attached hydrogens (tertiary/aromatic N) is 2. The summed E-state index contributed by atoms with van der Waals surface area (Å²) in [5.74, 6) is -0.794. The number of hydrogen-bond donors (Lipinski definition) is 2. The number of carbonyl (C=O) groups excluding carboxylic acids is 2. The van der Waals surface area contributed by atoms with Crippen molar-refractivity contribution in [2.24, 2.45) is 0 Å². The highest BCUT2D eigenvalue weighted by Crippen LogP contribution is 2.31. The van der Waals surface area contributed by atoms with Crippen LogP contribution in [0.5, 0.6) is 17.2 Å². The van der Waals surface area contributed by atoms with E-state index in [1.165, 1.54) is 19.2 Å². The fraction of sp³-hybridized carbons (Fsp3) is 0.0500. The molecule has 0 fully saturated rings. The Balaban J connectivity index is 1.85. The zero-order chi connectivity index (χ0) is 22.3. The van der Waals surface area contributed by atoms with Crippen LogP contribution in [0.4, 0.5) is 11.5 Å². The molecule has 1 aromatic heterocycles. The van der Waals surface area contributed by atoms with Gasteiger partial charge >= 0.3 is 0 Å². The molecule has 2 heterocycles. The number of nitro groups is 1. The molecule has 1 aliphatic rings. The molecule has 0 saturated heterocycles. The molecule has 2 aromatic carbocycles. The molecular formula is C20H14N4O7. The molecule has 0 radical (unpaired) electrons. The van der Waals surface area contributed by atoms with E-state index in [0.29, 0.717) is 11.5 Å². The predicted molar refractivity (Wildman–Crippen MR) is 108 cm³/mol. The van der Waals surface area contributed by atoms with Gasteiger partial charge in [-0.15, -0.1) is 0 Å². The highest BCUT2D eigenvalue weighted by Gasteiger charge is 2.32. The van der Waals surface area contributed by atoms with Gasteiger partial charge in [-0.25, -0.2) is 0 Å². The summed E-state index contributed by atoms with van der Waals surface area (Å²) in [4.78, 5) is 47.3. The molecule has 0 atom stereocenters. The lowest BCUT2D eigenvalue weighted by Crippen LogP contribution is -2.24. The number of rotatable bonds is 5. The quantitative estimate of drug-likeness (QED) is 0.359. The van der Waals surface area contributed by atoms with Crippen LogP contribution in [-0.2, 0) is 0 Å². The van der Waals surface area contributed by atoms with Crippen LogP contribution < -0.4 is 26.1 Å². The third-order valence-electron chi connectivity index (χ3n) is 4.59. The fourth-order valence-electron chi connectivity index (χ4n) is 3.19. The van der Waals surface area contributed by atoms with E-state index in [1.54, 1.807) is 24.3 Å². The Morgan fingerprint density at radius 2 is 1.65 bits per heavy atom. The number of fused-ring (bicyclic) bond motifs is 1. The van der Waals surface area contributed by atoms with Crippen molar-refractivity contribution in [1.29, 1.82) is 0 Å². The standard InChI is InChI=1S/C20H14N4O7/c1-30-12-2-4-13(5-3-12)31-14-7-10(6-11(8-14)24(28)29)23-16(25)9-15-17(18(23)21)20(27)22-19(15)26/h2-9H,21H2,1H3,(H,22,26,27). The molecule has 1 aliphatic heterocycles. The molecule has 11 nitrogen and oxygen atoms in total. The smallest absolute Gasteiger partial charge is 0.275 e. The van der Waals surface area contributed by atoms with Crippen LogP contribution in [0.3, 0.4) is 0 Å². The average molecular weight is 422 g/mol. The lowest BCUT2D eigenvalue weighted by Gasteiger charge is -2.13. The summed E-state index contributed by atoms with van der Waals surface area (Å²) >= 11 is 0. The number of nitrogen functional groups attached to an aromatic ring is 1. The number of anilines is 1. The molecule has 0 saturated carbocycles. The number of non-ortho nitro benzene ring substituents is 1. The van der Waals surface area contributed by atoms with E-state index in [2.05, 4.69) is 5.32 Å². The summed E-state index contributed by atoms with van der Waals surface area (Å²) in [6.45, 7) is 0. The Morgan fingerprint density at radius 3 is 2.29 bits per heavy atom. The number of carbonyl (C=O) groups is 2. The first-order valence-corrected chi connectivity index (χ1v) is 8.81. The van der Waals surface area contributed by atoms with Gasteiger partial charge in [-0.2, -0.15) is 0 Å². The van der Waals surface area contributed by atoms with Crippen LogP contribution >= 0.6 is 0 Å². The lowest BCUT2D eigenvalue weighted by atomic mass is 10.1. The zero-order valence-electron chi connectivity index (χ0n) is 15.9. The van der Waals surface area contributed by atoms with E-state index in [0.717, 1.165) is 16.7 Å². The zero-order valence-corrected chi connectivity index (χ0v) is 15.9. The summed E-state index contributed by atoms with van der Waals surface area (Å²) in [6.07, 6.45) is 0. The minimum atomic E-state index is -0.758.